The Hall–Kier alpha value is -2.00. The molecule has 1 aromatic carbocycles. The molecule has 8 nitrogen and oxygen atoms in total. The maximum absolute atomic E-state index is 12.9. The molecule has 37 heavy (non-hydrogen) atoms. The molecule has 1 saturated heterocycles. The third kappa shape index (κ3) is 5.31. The number of nitrogens with zero attached hydrogens (tertiary/aromatic N) is 2. The van der Waals surface area contributed by atoms with Crippen molar-refractivity contribution in [2.75, 3.05) is 39.9 Å². The molecule has 204 valence electrons. The molecule has 3 fully saturated rings. The Bertz CT molecular complexity index is 965. The van der Waals surface area contributed by atoms with Crippen LogP contribution < -0.4 is 10.2 Å². The van der Waals surface area contributed by atoms with Gasteiger partial charge in [-0.25, -0.2) is 10.3 Å². The highest BCUT2D eigenvalue weighted by molar-refractivity contribution is 5.71. The minimum absolute atomic E-state index is 0.144. The minimum Gasteiger partial charge on any atom is -0.410 e. The third-order valence-electron chi connectivity index (χ3n) is 10.2. The fourth-order valence-electron chi connectivity index (χ4n) is 8.01. The van der Waals surface area contributed by atoms with E-state index in [0.29, 0.717) is 49.2 Å². The fourth-order valence-corrected chi connectivity index (χ4v) is 8.01. The van der Waals surface area contributed by atoms with E-state index in [1.165, 1.54) is 24.0 Å². The number of nitrogens with one attached hydrogen (secondary N) is 1. The number of likely N-dealkylation sites (tertiary alicyclic amines) is 1. The number of fused-ring (bicyclic) bond motifs is 5. The second-order valence-corrected chi connectivity index (χ2v) is 11.9. The number of benzene rings is 1. The number of piperidine rings is 1. The quantitative estimate of drug-likeness (QED) is 0.308. The van der Waals surface area contributed by atoms with Crippen molar-refractivity contribution in [3.05, 3.63) is 29.3 Å². The molecule has 0 aromatic heterocycles. The Balaban J connectivity index is 1.15. The number of aldehydes is 1. The van der Waals surface area contributed by atoms with Crippen molar-refractivity contribution in [3.63, 3.8) is 0 Å². The molecular weight excluding hydrogens is 470 g/mol. The summed E-state index contributed by atoms with van der Waals surface area (Å²) in [5, 5.41) is 9.69. The van der Waals surface area contributed by atoms with Gasteiger partial charge in [0.1, 0.15) is 18.6 Å². The standard InChI is InChI=1S/C29H43N3O5/c1-29-12-9-24-23-6-4-22(19-20(23)3-5-25(24)26(29)7-8-27(29)30-35)37-28(34)32-13-10-21(11-14-32)31(2)15-17-36-18-16-33/h4,6,16,19,21,24-27,30,35H,3,5,7-15,17-18H2,1-2H3. The van der Waals surface area contributed by atoms with Crippen LogP contribution in [0.15, 0.2) is 18.2 Å². The summed E-state index contributed by atoms with van der Waals surface area (Å²) >= 11 is 0. The van der Waals surface area contributed by atoms with Crippen molar-refractivity contribution < 1.29 is 24.3 Å². The molecule has 8 heteroatoms. The molecule has 0 bridgehead atoms. The molecule has 1 aliphatic heterocycles. The van der Waals surface area contributed by atoms with Gasteiger partial charge in [-0.05, 0) is 105 Å². The largest absolute Gasteiger partial charge is 0.415 e. The van der Waals surface area contributed by atoms with Crippen LogP contribution in [0.5, 0.6) is 5.75 Å². The van der Waals surface area contributed by atoms with E-state index in [4.69, 9.17) is 9.47 Å². The Morgan fingerprint density at radius 3 is 2.78 bits per heavy atom. The average molecular weight is 514 g/mol. The molecule has 1 heterocycles. The zero-order valence-electron chi connectivity index (χ0n) is 22.4. The highest BCUT2D eigenvalue weighted by Gasteiger charge is 2.54. The normalized spacial score (nSPS) is 31.5. The van der Waals surface area contributed by atoms with Crippen molar-refractivity contribution >= 4 is 12.4 Å². The number of ether oxygens (including phenoxy) is 2. The molecule has 2 saturated carbocycles. The third-order valence-corrected chi connectivity index (χ3v) is 10.2. The van der Waals surface area contributed by atoms with Gasteiger partial charge in [-0.15, -0.1) is 0 Å². The maximum Gasteiger partial charge on any atom is 0.415 e. The maximum atomic E-state index is 12.9. The molecule has 4 aliphatic rings. The Morgan fingerprint density at radius 1 is 1.22 bits per heavy atom. The van der Waals surface area contributed by atoms with Crippen LogP contribution in [0.2, 0.25) is 0 Å². The summed E-state index contributed by atoms with van der Waals surface area (Å²) in [6.45, 7) is 5.20. The lowest BCUT2D eigenvalue weighted by atomic mass is 9.55. The zero-order chi connectivity index (χ0) is 26.0. The number of carbonyl (C=O) groups is 2. The smallest absolute Gasteiger partial charge is 0.410 e. The molecule has 0 radical (unpaired) electrons. The van der Waals surface area contributed by atoms with Crippen LogP contribution in [0.1, 0.15) is 68.9 Å². The van der Waals surface area contributed by atoms with E-state index in [2.05, 4.69) is 36.5 Å². The highest BCUT2D eigenvalue weighted by Crippen LogP contribution is 2.60. The van der Waals surface area contributed by atoms with E-state index in [1.54, 1.807) is 0 Å². The SMILES string of the molecule is CN(CCOCC=O)C1CCN(C(=O)Oc2ccc3c(c2)CCC2C3CCC3(C)C(NO)CCC23)CC1. The van der Waals surface area contributed by atoms with Crippen LogP contribution in [0, 0.1) is 17.3 Å². The predicted molar refractivity (Wildman–Crippen MR) is 140 cm³/mol. The van der Waals surface area contributed by atoms with Gasteiger partial charge in [0.25, 0.3) is 0 Å². The molecule has 5 rings (SSSR count). The lowest BCUT2D eigenvalue weighted by molar-refractivity contribution is -0.112. The number of aryl methyl sites for hydroxylation is 1. The summed E-state index contributed by atoms with van der Waals surface area (Å²) in [6, 6.07) is 6.92. The van der Waals surface area contributed by atoms with Gasteiger partial charge in [0.05, 0.1) is 6.61 Å². The molecule has 5 unspecified atom stereocenters. The lowest BCUT2D eigenvalue weighted by Crippen LogP contribution is -2.47. The number of hydroxylamine groups is 1. The summed E-state index contributed by atoms with van der Waals surface area (Å²) in [6.07, 6.45) is 9.08. The molecule has 5 atom stereocenters. The number of rotatable bonds is 8. The van der Waals surface area contributed by atoms with Gasteiger partial charge in [-0.2, -0.15) is 0 Å². The summed E-state index contributed by atoms with van der Waals surface area (Å²) in [4.78, 5) is 27.4. The van der Waals surface area contributed by atoms with Crippen molar-refractivity contribution in [3.8, 4) is 5.75 Å². The first-order valence-corrected chi connectivity index (χ1v) is 14.2. The Labute approximate surface area is 220 Å². The predicted octanol–water partition coefficient (Wildman–Crippen LogP) is 4.00. The van der Waals surface area contributed by atoms with E-state index in [-0.39, 0.29) is 24.2 Å². The molecule has 2 N–H and O–H groups in total. The minimum atomic E-state index is -0.258. The van der Waals surface area contributed by atoms with Gasteiger partial charge in [0.15, 0.2) is 0 Å². The van der Waals surface area contributed by atoms with Crippen molar-refractivity contribution in [2.24, 2.45) is 17.3 Å². The van der Waals surface area contributed by atoms with Crippen LogP contribution in [-0.4, -0.2) is 79.4 Å². The summed E-state index contributed by atoms with van der Waals surface area (Å²) in [5.74, 6) is 2.56. The van der Waals surface area contributed by atoms with Gasteiger partial charge in [0.2, 0.25) is 0 Å². The topological polar surface area (TPSA) is 91.3 Å². The summed E-state index contributed by atoms with van der Waals surface area (Å²) in [5.41, 5.74) is 5.59. The molecule has 0 spiro atoms. The van der Waals surface area contributed by atoms with Gasteiger partial charge < -0.3 is 29.3 Å². The number of amides is 1. The van der Waals surface area contributed by atoms with E-state index in [0.717, 1.165) is 51.4 Å². The van der Waals surface area contributed by atoms with Gasteiger partial charge >= 0.3 is 6.09 Å². The first kappa shape index (κ1) is 26.6. The number of carbonyl (C=O) groups excluding carboxylic acids is 2. The van der Waals surface area contributed by atoms with Crippen LogP contribution in [-0.2, 0) is 16.0 Å². The van der Waals surface area contributed by atoms with E-state index in [9.17, 15) is 14.8 Å². The van der Waals surface area contributed by atoms with Gasteiger partial charge in [-0.1, -0.05) is 13.0 Å². The first-order valence-electron chi connectivity index (χ1n) is 14.2. The molecule has 1 amide bonds. The average Bonchev–Trinajstić information content (AvgIpc) is 3.27. The number of likely N-dealkylation sites (N-methyl/N-ethyl adjacent to an activating group) is 1. The molecular formula is C29H43N3O5. The lowest BCUT2D eigenvalue weighted by Gasteiger charge is -2.50. The van der Waals surface area contributed by atoms with Crippen molar-refractivity contribution in [2.45, 2.75) is 76.3 Å². The number of hydrogen-bond donors (Lipinski definition) is 2. The van der Waals surface area contributed by atoms with E-state index < -0.39 is 0 Å². The highest BCUT2D eigenvalue weighted by atomic mass is 16.6. The van der Waals surface area contributed by atoms with Crippen molar-refractivity contribution in [1.29, 1.82) is 0 Å². The number of hydrogen-bond acceptors (Lipinski definition) is 7. The van der Waals surface area contributed by atoms with Gasteiger partial charge in [0, 0.05) is 31.7 Å². The van der Waals surface area contributed by atoms with Crippen LogP contribution in [0.25, 0.3) is 0 Å². The second-order valence-electron chi connectivity index (χ2n) is 11.9. The van der Waals surface area contributed by atoms with Crippen LogP contribution in [0.4, 0.5) is 4.79 Å². The van der Waals surface area contributed by atoms with Gasteiger partial charge in [-0.3, -0.25) is 0 Å². The molecule has 1 aromatic rings. The second kappa shape index (κ2) is 11.4. The fraction of sp³-hybridized carbons (Fsp3) is 0.724. The monoisotopic (exact) mass is 513 g/mol. The summed E-state index contributed by atoms with van der Waals surface area (Å²) in [7, 11) is 2.07. The zero-order valence-corrected chi connectivity index (χ0v) is 22.4. The van der Waals surface area contributed by atoms with E-state index in [1.807, 2.05) is 11.0 Å². The summed E-state index contributed by atoms with van der Waals surface area (Å²) < 4.78 is 11.1. The first-order chi connectivity index (χ1) is 17.9. The van der Waals surface area contributed by atoms with Crippen molar-refractivity contribution in [1.82, 2.24) is 15.3 Å². The van der Waals surface area contributed by atoms with Crippen LogP contribution >= 0.6 is 0 Å². The Kier molecular flexibility index (Phi) is 8.19. The Morgan fingerprint density at radius 2 is 2.03 bits per heavy atom. The van der Waals surface area contributed by atoms with Crippen LogP contribution in [0.3, 0.4) is 0 Å². The van der Waals surface area contributed by atoms with E-state index >= 15 is 0 Å². The molecule has 3 aliphatic carbocycles.